The maximum absolute atomic E-state index is 11.2. The third kappa shape index (κ3) is 0.808. The van der Waals surface area contributed by atoms with E-state index in [1.54, 1.807) is 0 Å². The smallest absolute Gasteiger partial charge is 0.159 e. The van der Waals surface area contributed by atoms with Crippen LogP contribution in [0.15, 0.2) is 11.1 Å². The Bertz CT molecular complexity index is 209. The van der Waals surface area contributed by atoms with E-state index in [1.807, 2.05) is 0 Å². The summed E-state index contributed by atoms with van der Waals surface area (Å²) in [5.74, 6) is 1.11. The molecule has 1 fully saturated rings. The lowest BCUT2D eigenvalue weighted by molar-refractivity contribution is -0.115. The minimum Gasteiger partial charge on any atom is -0.295 e. The Balaban J connectivity index is 2.27. The van der Waals surface area contributed by atoms with Gasteiger partial charge < -0.3 is 0 Å². The summed E-state index contributed by atoms with van der Waals surface area (Å²) in [6.07, 6.45) is 4.35. The van der Waals surface area contributed by atoms with Gasteiger partial charge in [-0.2, -0.15) is 0 Å². The molecule has 0 aromatic rings. The Morgan fingerprint density at radius 2 is 2.00 bits per heavy atom. The lowest BCUT2D eigenvalue weighted by Gasteiger charge is -1.96. The van der Waals surface area contributed by atoms with Crippen molar-refractivity contribution in [2.24, 2.45) is 5.92 Å². The van der Waals surface area contributed by atoms with Crippen LogP contribution in [0.1, 0.15) is 32.6 Å². The molecule has 10 heavy (non-hydrogen) atoms. The first-order chi connectivity index (χ1) is 4.79. The molecule has 0 aromatic carbocycles. The zero-order valence-corrected chi connectivity index (χ0v) is 6.31. The minimum atomic E-state index is 0.431. The normalized spacial score (nSPS) is 26.3. The van der Waals surface area contributed by atoms with Crippen LogP contribution in [0.25, 0.3) is 0 Å². The van der Waals surface area contributed by atoms with Gasteiger partial charge >= 0.3 is 0 Å². The number of ketones is 1. The highest BCUT2D eigenvalue weighted by atomic mass is 16.1. The molecule has 1 heteroatoms. The van der Waals surface area contributed by atoms with Crippen LogP contribution in [0.4, 0.5) is 0 Å². The van der Waals surface area contributed by atoms with Crippen molar-refractivity contribution in [2.75, 3.05) is 0 Å². The van der Waals surface area contributed by atoms with E-state index in [0.717, 1.165) is 12.8 Å². The van der Waals surface area contributed by atoms with Crippen LogP contribution >= 0.6 is 0 Å². The summed E-state index contributed by atoms with van der Waals surface area (Å²) in [7, 11) is 0. The Morgan fingerprint density at radius 1 is 1.30 bits per heavy atom. The monoisotopic (exact) mass is 136 g/mol. The van der Waals surface area contributed by atoms with E-state index in [2.05, 4.69) is 6.92 Å². The SMILES string of the molecule is CC1=C(C2CC2)C(=O)CC1. The summed E-state index contributed by atoms with van der Waals surface area (Å²) >= 11 is 0. The second kappa shape index (κ2) is 1.94. The predicted molar refractivity (Wildman–Crippen MR) is 39.7 cm³/mol. The highest BCUT2D eigenvalue weighted by molar-refractivity contribution is 5.99. The zero-order chi connectivity index (χ0) is 7.14. The van der Waals surface area contributed by atoms with Crippen LogP contribution in [0.5, 0.6) is 0 Å². The molecular formula is C9H12O. The third-order valence-corrected chi connectivity index (χ3v) is 2.47. The molecule has 0 aliphatic heterocycles. The van der Waals surface area contributed by atoms with Gasteiger partial charge in [-0.25, -0.2) is 0 Å². The van der Waals surface area contributed by atoms with Gasteiger partial charge in [0.05, 0.1) is 0 Å². The molecule has 0 atom stereocenters. The van der Waals surface area contributed by atoms with Crippen molar-refractivity contribution in [3.05, 3.63) is 11.1 Å². The third-order valence-electron chi connectivity index (χ3n) is 2.47. The van der Waals surface area contributed by atoms with E-state index in [1.165, 1.54) is 24.0 Å². The summed E-state index contributed by atoms with van der Waals surface area (Å²) in [5, 5.41) is 0. The molecule has 0 aromatic heterocycles. The summed E-state index contributed by atoms with van der Waals surface area (Å²) in [5.41, 5.74) is 2.56. The standard InChI is InChI=1S/C9H12O/c1-6-2-5-8(10)9(6)7-3-4-7/h7H,2-5H2,1H3. The molecule has 54 valence electrons. The van der Waals surface area contributed by atoms with Gasteiger partial charge in [0, 0.05) is 6.42 Å². The van der Waals surface area contributed by atoms with Gasteiger partial charge in [0.1, 0.15) is 0 Å². The van der Waals surface area contributed by atoms with Gasteiger partial charge in [0.25, 0.3) is 0 Å². The fourth-order valence-electron chi connectivity index (χ4n) is 1.76. The number of hydrogen-bond acceptors (Lipinski definition) is 1. The first kappa shape index (κ1) is 6.14. The largest absolute Gasteiger partial charge is 0.295 e. The molecule has 0 saturated heterocycles. The fourth-order valence-corrected chi connectivity index (χ4v) is 1.76. The molecule has 2 rings (SSSR count). The quantitative estimate of drug-likeness (QED) is 0.539. The second-order valence-corrected chi connectivity index (χ2v) is 3.39. The summed E-state index contributed by atoms with van der Waals surface area (Å²) in [6, 6.07) is 0. The van der Waals surface area contributed by atoms with Gasteiger partial charge in [-0.05, 0) is 37.7 Å². The number of carbonyl (C=O) groups is 1. The van der Waals surface area contributed by atoms with Gasteiger partial charge in [0.15, 0.2) is 5.78 Å². The van der Waals surface area contributed by atoms with Gasteiger partial charge in [-0.1, -0.05) is 5.57 Å². The molecule has 0 amide bonds. The van der Waals surface area contributed by atoms with Gasteiger partial charge in [-0.15, -0.1) is 0 Å². The Morgan fingerprint density at radius 3 is 2.40 bits per heavy atom. The number of carbonyl (C=O) groups excluding carboxylic acids is 1. The van der Waals surface area contributed by atoms with Gasteiger partial charge in [0.2, 0.25) is 0 Å². The van der Waals surface area contributed by atoms with E-state index in [0.29, 0.717) is 11.7 Å². The average Bonchev–Trinajstić information content (AvgIpc) is 2.64. The number of allylic oxidation sites excluding steroid dienone is 2. The molecule has 0 bridgehead atoms. The predicted octanol–water partition coefficient (Wildman–Crippen LogP) is 2.08. The van der Waals surface area contributed by atoms with Gasteiger partial charge in [-0.3, -0.25) is 4.79 Å². The van der Waals surface area contributed by atoms with Crippen molar-refractivity contribution in [1.29, 1.82) is 0 Å². The highest BCUT2D eigenvalue weighted by Gasteiger charge is 2.34. The van der Waals surface area contributed by atoms with Crippen molar-refractivity contribution in [3.8, 4) is 0 Å². The number of Topliss-reactive ketones (excluding diaryl/α,β-unsaturated/α-hetero) is 1. The van der Waals surface area contributed by atoms with Crippen molar-refractivity contribution < 1.29 is 4.79 Å². The summed E-state index contributed by atoms with van der Waals surface area (Å²) < 4.78 is 0. The molecule has 1 saturated carbocycles. The molecule has 2 aliphatic rings. The Kier molecular flexibility index (Phi) is 1.19. The van der Waals surface area contributed by atoms with E-state index < -0.39 is 0 Å². The van der Waals surface area contributed by atoms with Crippen molar-refractivity contribution in [1.82, 2.24) is 0 Å². The first-order valence-electron chi connectivity index (χ1n) is 4.02. The fraction of sp³-hybridized carbons (Fsp3) is 0.667. The summed E-state index contributed by atoms with van der Waals surface area (Å²) in [4.78, 5) is 11.2. The Labute approximate surface area is 61.1 Å². The molecule has 1 nitrogen and oxygen atoms in total. The van der Waals surface area contributed by atoms with Crippen LogP contribution < -0.4 is 0 Å². The topological polar surface area (TPSA) is 17.1 Å². The molecule has 0 spiro atoms. The highest BCUT2D eigenvalue weighted by Crippen LogP contribution is 2.42. The van der Waals surface area contributed by atoms with Crippen LogP contribution in [-0.2, 0) is 4.79 Å². The molecule has 0 heterocycles. The molecule has 0 N–H and O–H groups in total. The second-order valence-electron chi connectivity index (χ2n) is 3.39. The first-order valence-corrected chi connectivity index (χ1v) is 4.02. The van der Waals surface area contributed by atoms with E-state index in [4.69, 9.17) is 0 Å². The van der Waals surface area contributed by atoms with E-state index >= 15 is 0 Å². The van der Waals surface area contributed by atoms with Crippen LogP contribution in [0, 0.1) is 5.92 Å². The average molecular weight is 136 g/mol. The van der Waals surface area contributed by atoms with Crippen LogP contribution in [0.2, 0.25) is 0 Å². The van der Waals surface area contributed by atoms with Crippen molar-refractivity contribution in [2.45, 2.75) is 32.6 Å². The molecule has 0 unspecified atom stereocenters. The van der Waals surface area contributed by atoms with Crippen LogP contribution in [-0.4, -0.2) is 5.78 Å². The van der Waals surface area contributed by atoms with Crippen molar-refractivity contribution >= 4 is 5.78 Å². The number of rotatable bonds is 1. The Hall–Kier alpha value is -0.590. The van der Waals surface area contributed by atoms with E-state index in [9.17, 15) is 4.79 Å². The maximum Gasteiger partial charge on any atom is 0.159 e. The zero-order valence-electron chi connectivity index (χ0n) is 6.31. The maximum atomic E-state index is 11.2. The minimum absolute atomic E-state index is 0.431. The lowest BCUT2D eigenvalue weighted by atomic mass is 10.1. The van der Waals surface area contributed by atoms with Crippen LogP contribution in [0.3, 0.4) is 0 Å². The molecule has 2 aliphatic carbocycles. The summed E-state index contributed by atoms with van der Waals surface area (Å²) in [6.45, 7) is 2.11. The lowest BCUT2D eigenvalue weighted by Crippen LogP contribution is -1.97. The van der Waals surface area contributed by atoms with E-state index in [-0.39, 0.29) is 0 Å². The molecule has 0 radical (unpaired) electrons. The number of hydrogen-bond donors (Lipinski definition) is 0. The van der Waals surface area contributed by atoms with Crippen molar-refractivity contribution in [3.63, 3.8) is 0 Å². The molecular weight excluding hydrogens is 124 g/mol.